The SMILES string of the molecule is [CH2-][n+]1ccccc1C(=O)O.[Ir].[c-]1ccccc1-c1nncn1-c1ccccc1. The summed E-state index contributed by atoms with van der Waals surface area (Å²) in [5.41, 5.74) is 2.17. The Morgan fingerprint density at radius 1 is 1.04 bits per heavy atom. The third kappa shape index (κ3) is 5.13. The minimum absolute atomic E-state index is 0. The molecule has 0 aliphatic heterocycles. The molecule has 1 radical (unpaired) electrons. The molecular formula is C21H17IrN4O2-. The molecule has 2 aromatic heterocycles. The maximum atomic E-state index is 10.4. The molecular weight excluding hydrogens is 532 g/mol. The van der Waals surface area contributed by atoms with E-state index in [1.54, 1.807) is 24.7 Å². The molecule has 7 heteroatoms. The van der Waals surface area contributed by atoms with Gasteiger partial charge in [0.25, 0.3) is 0 Å². The molecule has 0 atom stereocenters. The maximum absolute atomic E-state index is 10.4. The van der Waals surface area contributed by atoms with E-state index in [1.807, 2.05) is 59.2 Å². The van der Waals surface area contributed by atoms with Gasteiger partial charge in [-0.1, -0.05) is 30.3 Å². The zero-order valence-corrected chi connectivity index (χ0v) is 17.2. The van der Waals surface area contributed by atoms with Crippen molar-refractivity contribution >= 4 is 5.97 Å². The van der Waals surface area contributed by atoms with Crippen LogP contribution in [0.25, 0.3) is 17.1 Å². The number of aromatic nitrogens is 4. The first-order valence-corrected chi connectivity index (χ1v) is 8.14. The van der Waals surface area contributed by atoms with Crippen molar-refractivity contribution in [3.8, 4) is 17.1 Å². The number of nitrogens with zero attached hydrogens (tertiary/aromatic N) is 4. The van der Waals surface area contributed by atoms with Crippen LogP contribution in [0.5, 0.6) is 0 Å². The molecule has 0 amide bonds. The van der Waals surface area contributed by atoms with Gasteiger partial charge in [0.05, 0.1) is 12.0 Å². The van der Waals surface area contributed by atoms with E-state index in [4.69, 9.17) is 5.11 Å². The van der Waals surface area contributed by atoms with E-state index in [9.17, 15) is 4.79 Å². The second-order valence-electron chi connectivity index (χ2n) is 5.50. The van der Waals surface area contributed by atoms with Crippen molar-refractivity contribution < 1.29 is 34.6 Å². The van der Waals surface area contributed by atoms with E-state index in [0.717, 1.165) is 17.1 Å². The van der Waals surface area contributed by atoms with Gasteiger partial charge in [-0.2, -0.15) is 5.10 Å². The van der Waals surface area contributed by atoms with Crippen molar-refractivity contribution in [2.75, 3.05) is 0 Å². The maximum Gasteiger partial charge on any atom is 0.343 e. The summed E-state index contributed by atoms with van der Waals surface area (Å²) in [5, 5.41) is 16.6. The van der Waals surface area contributed by atoms with E-state index < -0.39 is 5.97 Å². The fourth-order valence-electron chi connectivity index (χ4n) is 2.40. The average Bonchev–Trinajstić information content (AvgIpc) is 3.20. The fourth-order valence-corrected chi connectivity index (χ4v) is 2.40. The van der Waals surface area contributed by atoms with Gasteiger partial charge in [0.15, 0.2) is 5.69 Å². The van der Waals surface area contributed by atoms with Crippen LogP contribution in [-0.4, -0.2) is 25.8 Å². The molecule has 0 aliphatic rings. The molecule has 0 bridgehead atoms. The Hall–Kier alpha value is -3.28. The number of benzene rings is 2. The summed E-state index contributed by atoms with van der Waals surface area (Å²) in [4.78, 5) is 10.4. The van der Waals surface area contributed by atoms with Gasteiger partial charge < -0.3 is 14.2 Å². The molecule has 0 saturated heterocycles. The topological polar surface area (TPSA) is 71.9 Å². The van der Waals surface area contributed by atoms with E-state index in [1.165, 1.54) is 10.6 Å². The Bertz CT molecular complexity index is 967. The Balaban J connectivity index is 0.000000221. The Kier molecular flexibility index (Phi) is 7.63. The van der Waals surface area contributed by atoms with Gasteiger partial charge in [0.2, 0.25) is 0 Å². The van der Waals surface area contributed by atoms with Crippen LogP contribution in [0, 0.1) is 13.1 Å². The van der Waals surface area contributed by atoms with Crippen LogP contribution in [0.4, 0.5) is 0 Å². The van der Waals surface area contributed by atoms with Gasteiger partial charge in [-0.3, -0.25) is 4.79 Å². The van der Waals surface area contributed by atoms with Crippen molar-refractivity contribution in [2.45, 2.75) is 0 Å². The largest absolute Gasteiger partial charge is 0.483 e. The molecule has 2 heterocycles. The molecule has 0 aliphatic carbocycles. The van der Waals surface area contributed by atoms with Gasteiger partial charge in [0.1, 0.15) is 6.33 Å². The first-order chi connectivity index (χ1) is 13.2. The molecule has 28 heavy (non-hydrogen) atoms. The number of carboxylic acids is 1. The normalized spacial score (nSPS) is 9.57. The van der Waals surface area contributed by atoms with E-state index in [-0.39, 0.29) is 25.8 Å². The third-order valence-electron chi connectivity index (χ3n) is 3.69. The molecule has 0 spiro atoms. The van der Waals surface area contributed by atoms with Gasteiger partial charge >= 0.3 is 5.97 Å². The number of aromatic carboxylic acids is 1. The molecule has 4 aromatic rings. The molecule has 0 unspecified atom stereocenters. The molecule has 0 saturated carbocycles. The zero-order valence-electron chi connectivity index (χ0n) is 14.8. The molecule has 6 nitrogen and oxygen atoms in total. The summed E-state index contributed by atoms with van der Waals surface area (Å²) in [6.07, 6.45) is 3.30. The molecule has 4 rings (SSSR count). The minimum Gasteiger partial charge on any atom is -0.483 e. The number of hydrogen-bond acceptors (Lipinski definition) is 3. The summed E-state index contributed by atoms with van der Waals surface area (Å²) >= 11 is 0. The smallest absolute Gasteiger partial charge is 0.343 e. The molecule has 2 aromatic carbocycles. The predicted octanol–water partition coefficient (Wildman–Crippen LogP) is 3.04. The van der Waals surface area contributed by atoms with Gasteiger partial charge in [0, 0.05) is 32.8 Å². The van der Waals surface area contributed by atoms with E-state index in [2.05, 4.69) is 23.3 Å². The summed E-state index contributed by atoms with van der Waals surface area (Å²) in [7, 11) is 3.48. The van der Waals surface area contributed by atoms with E-state index >= 15 is 0 Å². The minimum atomic E-state index is -0.962. The second kappa shape index (κ2) is 10.2. The standard InChI is InChI=1S/C14H10N3.C7H7NO2.Ir/c1-3-7-12(8-4-1)14-16-15-11-17(14)13-9-5-2-6-10-13;1-8-5-3-2-4-6(8)7(9)10;/h1-7,9-11H;2-5H,1H2,(H,9,10);/q-1;;. The van der Waals surface area contributed by atoms with Gasteiger partial charge in [-0.05, 0) is 18.2 Å². The fraction of sp³-hybridized carbons (Fsp3) is 0. The number of hydrogen-bond donors (Lipinski definition) is 1. The van der Waals surface area contributed by atoms with Crippen LogP contribution in [-0.2, 0) is 20.1 Å². The number of carboxylic acid groups (broad SMARTS) is 1. The van der Waals surface area contributed by atoms with Crippen LogP contribution >= 0.6 is 0 Å². The van der Waals surface area contributed by atoms with Crippen LogP contribution < -0.4 is 4.57 Å². The quantitative estimate of drug-likeness (QED) is 0.315. The van der Waals surface area contributed by atoms with Gasteiger partial charge in [-0.25, -0.2) is 0 Å². The summed E-state index contributed by atoms with van der Waals surface area (Å²) in [6, 6.07) is 25.8. The third-order valence-corrected chi connectivity index (χ3v) is 3.69. The number of rotatable bonds is 3. The monoisotopic (exact) mass is 550 g/mol. The van der Waals surface area contributed by atoms with E-state index in [0.29, 0.717) is 0 Å². The summed E-state index contributed by atoms with van der Waals surface area (Å²) in [6.45, 7) is 0. The van der Waals surface area contributed by atoms with Crippen molar-refractivity contribution in [3.63, 3.8) is 0 Å². The number of carbonyl (C=O) groups is 1. The second-order valence-corrected chi connectivity index (χ2v) is 5.50. The van der Waals surface area contributed by atoms with Crippen molar-refractivity contribution in [1.82, 2.24) is 14.8 Å². The van der Waals surface area contributed by atoms with Crippen LogP contribution in [0.15, 0.2) is 85.3 Å². The average molecular weight is 550 g/mol. The summed E-state index contributed by atoms with van der Waals surface area (Å²) < 4.78 is 3.26. The Morgan fingerprint density at radius 3 is 2.36 bits per heavy atom. The van der Waals surface area contributed by atoms with Crippen LogP contribution in [0.1, 0.15) is 10.5 Å². The summed E-state index contributed by atoms with van der Waals surface area (Å²) in [5.74, 6) is -0.160. The van der Waals surface area contributed by atoms with Crippen molar-refractivity contribution in [1.29, 1.82) is 0 Å². The van der Waals surface area contributed by atoms with Crippen LogP contribution in [0.3, 0.4) is 0 Å². The first kappa shape index (κ1) is 21.0. The molecule has 1 N–H and O–H groups in total. The van der Waals surface area contributed by atoms with Crippen LogP contribution in [0.2, 0.25) is 0 Å². The first-order valence-electron chi connectivity index (χ1n) is 8.14. The predicted molar refractivity (Wildman–Crippen MR) is 100.0 cm³/mol. The number of para-hydroxylation sites is 1. The molecule has 0 fully saturated rings. The van der Waals surface area contributed by atoms with Gasteiger partial charge in [-0.15, -0.1) is 41.0 Å². The van der Waals surface area contributed by atoms with Crippen molar-refractivity contribution in [3.05, 3.63) is 104 Å². The van der Waals surface area contributed by atoms with Crippen molar-refractivity contribution in [2.24, 2.45) is 0 Å². The molecule has 143 valence electrons. The zero-order chi connectivity index (χ0) is 19.1. The number of pyridine rings is 1. The Morgan fingerprint density at radius 2 is 1.75 bits per heavy atom. The Labute approximate surface area is 176 Å².